The van der Waals surface area contributed by atoms with Crippen LogP contribution in [-0.2, 0) is 17.9 Å². The van der Waals surface area contributed by atoms with Gasteiger partial charge >= 0.3 is 0 Å². The van der Waals surface area contributed by atoms with E-state index < -0.39 is 0 Å². The molecule has 0 saturated carbocycles. The molecule has 2 N–H and O–H groups in total. The molecule has 1 aliphatic rings. The van der Waals surface area contributed by atoms with Gasteiger partial charge in [0.1, 0.15) is 12.4 Å². The summed E-state index contributed by atoms with van der Waals surface area (Å²) in [4.78, 5) is 18.3. The summed E-state index contributed by atoms with van der Waals surface area (Å²) in [5.41, 5.74) is 9.29. The number of nitrogens with two attached hydrogens (primary N) is 1. The topological polar surface area (TPSA) is 64.2 Å². The van der Waals surface area contributed by atoms with Crippen LogP contribution in [0.3, 0.4) is 0 Å². The fourth-order valence-electron chi connectivity index (χ4n) is 4.13. The first-order valence-electron chi connectivity index (χ1n) is 9.85. The van der Waals surface area contributed by atoms with Crippen molar-refractivity contribution in [1.82, 2.24) is 14.5 Å². The van der Waals surface area contributed by atoms with Gasteiger partial charge in [0.25, 0.3) is 0 Å². The van der Waals surface area contributed by atoms with E-state index >= 15 is 0 Å². The number of amides is 1. The number of nitrogens with zero attached hydrogens (tertiary/aromatic N) is 3. The molecule has 0 spiro atoms. The van der Waals surface area contributed by atoms with E-state index in [0.717, 1.165) is 38.3 Å². The fourth-order valence-corrected chi connectivity index (χ4v) is 4.13. The van der Waals surface area contributed by atoms with Gasteiger partial charge in [-0.2, -0.15) is 0 Å². The van der Waals surface area contributed by atoms with Crippen LogP contribution in [0.4, 0.5) is 0 Å². The first-order valence-corrected chi connectivity index (χ1v) is 9.85. The van der Waals surface area contributed by atoms with Gasteiger partial charge in [-0.1, -0.05) is 54.6 Å². The highest BCUT2D eigenvalue weighted by Crippen LogP contribution is 2.30. The van der Waals surface area contributed by atoms with Gasteiger partial charge in [-0.25, -0.2) is 4.98 Å². The van der Waals surface area contributed by atoms with Crippen LogP contribution in [0, 0.1) is 0 Å². The molecule has 1 saturated heterocycles. The highest BCUT2D eigenvalue weighted by Gasteiger charge is 2.24. The quantitative estimate of drug-likeness (QED) is 0.719. The summed E-state index contributed by atoms with van der Waals surface area (Å²) in [7, 11) is 0. The zero-order valence-corrected chi connectivity index (χ0v) is 16.0. The molecule has 1 aromatic heterocycles. The second-order valence-electron chi connectivity index (χ2n) is 7.45. The predicted octanol–water partition coefficient (Wildman–Crippen LogP) is 3.42. The molecule has 144 valence electrons. The maximum absolute atomic E-state index is 11.3. The van der Waals surface area contributed by atoms with E-state index in [0.29, 0.717) is 5.92 Å². The summed E-state index contributed by atoms with van der Waals surface area (Å²) in [6.07, 6.45) is 5.70. The van der Waals surface area contributed by atoms with Crippen LogP contribution in [-0.4, -0.2) is 33.4 Å². The number of imidazole rings is 1. The van der Waals surface area contributed by atoms with Crippen molar-refractivity contribution in [3.8, 4) is 11.1 Å². The van der Waals surface area contributed by atoms with Crippen LogP contribution >= 0.6 is 0 Å². The summed E-state index contributed by atoms with van der Waals surface area (Å²) >= 11 is 0. The average molecular weight is 374 g/mol. The van der Waals surface area contributed by atoms with Crippen LogP contribution in [0.25, 0.3) is 11.1 Å². The molecule has 5 nitrogen and oxygen atoms in total. The summed E-state index contributed by atoms with van der Waals surface area (Å²) in [6, 6.07) is 19.2. The first-order chi connectivity index (χ1) is 13.7. The zero-order chi connectivity index (χ0) is 19.3. The van der Waals surface area contributed by atoms with Crippen molar-refractivity contribution in [3.63, 3.8) is 0 Å². The number of likely N-dealkylation sites (tertiary alicyclic amines) is 1. The smallest absolute Gasteiger partial charge is 0.237 e. The van der Waals surface area contributed by atoms with Crippen LogP contribution in [0.1, 0.15) is 30.1 Å². The van der Waals surface area contributed by atoms with E-state index in [1.165, 1.54) is 16.7 Å². The van der Waals surface area contributed by atoms with Crippen LogP contribution in [0.2, 0.25) is 0 Å². The Morgan fingerprint density at radius 2 is 1.75 bits per heavy atom. The minimum absolute atomic E-state index is 0.208. The third kappa shape index (κ3) is 4.15. The Morgan fingerprint density at radius 3 is 2.50 bits per heavy atom. The summed E-state index contributed by atoms with van der Waals surface area (Å²) in [6.45, 7) is 3.21. The Kier molecular flexibility index (Phi) is 5.53. The van der Waals surface area contributed by atoms with Crippen molar-refractivity contribution in [2.45, 2.75) is 31.8 Å². The lowest BCUT2D eigenvalue weighted by molar-refractivity contribution is -0.118. The van der Waals surface area contributed by atoms with Crippen molar-refractivity contribution in [1.29, 1.82) is 0 Å². The Labute approximate surface area is 165 Å². The standard InChI is InChI=1S/C23H26N4O/c24-22(28)17-27-15-12-25-23(27)19-10-13-26(14-11-19)16-20-8-4-5-9-21(20)18-6-2-1-3-7-18/h1-9,12,15,19H,10-11,13-14,16-17H2,(H2,24,28). The number of primary amides is 1. The third-order valence-electron chi connectivity index (χ3n) is 5.52. The molecule has 1 aliphatic heterocycles. The second kappa shape index (κ2) is 8.40. The highest BCUT2D eigenvalue weighted by atomic mass is 16.1. The van der Waals surface area contributed by atoms with E-state index in [1.807, 2.05) is 10.8 Å². The van der Waals surface area contributed by atoms with Gasteiger partial charge in [0.2, 0.25) is 5.91 Å². The predicted molar refractivity (Wildman–Crippen MR) is 111 cm³/mol. The van der Waals surface area contributed by atoms with Gasteiger partial charge in [-0.3, -0.25) is 9.69 Å². The number of hydrogen-bond acceptors (Lipinski definition) is 3. The molecule has 1 fully saturated rings. The highest BCUT2D eigenvalue weighted by molar-refractivity contribution is 5.73. The summed E-state index contributed by atoms with van der Waals surface area (Å²) in [5, 5.41) is 0. The Hall–Kier alpha value is -2.92. The lowest BCUT2D eigenvalue weighted by Gasteiger charge is -2.32. The monoisotopic (exact) mass is 374 g/mol. The maximum atomic E-state index is 11.3. The largest absolute Gasteiger partial charge is 0.368 e. The molecule has 28 heavy (non-hydrogen) atoms. The molecular weight excluding hydrogens is 348 g/mol. The molecule has 2 aromatic carbocycles. The molecule has 3 aromatic rings. The molecule has 0 unspecified atom stereocenters. The van der Waals surface area contributed by atoms with Crippen molar-refractivity contribution in [2.75, 3.05) is 13.1 Å². The molecule has 4 rings (SSSR count). The Morgan fingerprint density at radius 1 is 1.04 bits per heavy atom. The normalized spacial score (nSPS) is 15.6. The van der Waals surface area contributed by atoms with E-state index in [4.69, 9.17) is 5.73 Å². The van der Waals surface area contributed by atoms with Crippen molar-refractivity contribution < 1.29 is 4.79 Å². The molecule has 0 atom stereocenters. The molecule has 2 heterocycles. The zero-order valence-electron chi connectivity index (χ0n) is 16.0. The number of benzene rings is 2. The number of hydrogen-bond donors (Lipinski definition) is 1. The van der Waals surface area contributed by atoms with Gasteiger partial charge < -0.3 is 10.3 Å². The van der Waals surface area contributed by atoms with Gasteiger partial charge in [0.05, 0.1) is 0 Å². The molecule has 5 heteroatoms. The van der Waals surface area contributed by atoms with E-state index in [-0.39, 0.29) is 12.5 Å². The van der Waals surface area contributed by atoms with Crippen molar-refractivity contribution in [2.24, 2.45) is 5.73 Å². The van der Waals surface area contributed by atoms with Gasteiger partial charge in [0, 0.05) is 24.9 Å². The maximum Gasteiger partial charge on any atom is 0.237 e. The minimum atomic E-state index is -0.325. The van der Waals surface area contributed by atoms with Gasteiger partial charge in [-0.15, -0.1) is 0 Å². The van der Waals surface area contributed by atoms with Crippen LogP contribution in [0.15, 0.2) is 67.0 Å². The average Bonchev–Trinajstić information content (AvgIpc) is 3.17. The number of carbonyl (C=O) groups is 1. The summed E-state index contributed by atoms with van der Waals surface area (Å²) < 4.78 is 1.90. The van der Waals surface area contributed by atoms with E-state index in [9.17, 15) is 4.79 Å². The Balaban J connectivity index is 1.42. The minimum Gasteiger partial charge on any atom is -0.368 e. The van der Waals surface area contributed by atoms with E-state index in [2.05, 4.69) is 64.5 Å². The molecule has 0 aliphatic carbocycles. The summed E-state index contributed by atoms with van der Waals surface area (Å²) in [5.74, 6) is 1.05. The fraction of sp³-hybridized carbons (Fsp3) is 0.304. The van der Waals surface area contributed by atoms with E-state index in [1.54, 1.807) is 6.20 Å². The number of piperidine rings is 1. The SMILES string of the molecule is NC(=O)Cn1ccnc1C1CCN(Cc2ccccc2-c2ccccc2)CC1. The number of carbonyl (C=O) groups excluding carboxylic acids is 1. The molecular formula is C23H26N4O. The first kappa shape index (κ1) is 18.4. The molecule has 1 amide bonds. The third-order valence-corrected chi connectivity index (χ3v) is 5.52. The lowest BCUT2D eigenvalue weighted by atomic mass is 9.94. The van der Waals surface area contributed by atoms with Crippen LogP contribution in [0.5, 0.6) is 0 Å². The van der Waals surface area contributed by atoms with Gasteiger partial charge in [-0.05, 0) is 42.6 Å². The van der Waals surface area contributed by atoms with Crippen LogP contribution < -0.4 is 5.73 Å². The Bertz CT molecular complexity index is 927. The molecule has 0 bridgehead atoms. The number of aromatic nitrogens is 2. The number of rotatable bonds is 6. The van der Waals surface area contributed by atoms with Crippen molar-refractivity contribution in [3.05, 3.63) is 78.4 Å². The lowest BCUT2D eigenvalue weighted by Crippen LogP contribution is -2.33. The van der Waals surface area contributed by atoms with Crippen molar-refractivity contribution >= 4 is 5.91 Å². The second-order valence-corrected chi connectivity index (χ2v) is 7.45. The van der Waals surface area contributed by atoms with Gasteiger partial charge in [0.15, 0.2) is 0 Å². The molecule has 0 radical (unpaired) electrons.